The molecule has 4 atom stereocenters. The number of likely N-dealkylation sites (tertiary alicyclic amines) is 1. The molecule has 2 aromatic carbocycles. The summed E-state index contributed by atoms with van der Waals surface area (Å²) in [5.74, 6) is -3.56. The monoisotopic (exact) mass is 1270 g/mol. The highest BCUT2D eigenvalue weighted by molar-refractivity contribution is 7.10. The lowest BCUT2D eigenvalue weighted by Gasteiger charge is -2.25. The van der Waals surface area contributed by atoms with E-state index in [1.54, 1.807) is 59.9 Å². The number of amides is 6. The molecule has 89 heavy (non-hydrogen) atoms. The molecule has 0 spiro atoms. The van der Waals surface area contributed by atoms with E-state index in [1.807, 2.05) is 20.8 Å². The predicted molar refractivity (Wildman–Crippen MR) is 337 cm³/mol. The highest BCUT2D eigenvalue weighted by Crippen LogP contribution is 2.33. The maximum atomic E-state index is 16.9. The molecule has 20 nitrogen and oxygen atoms in total. The van der Waals surface area contributed by atoms with Crippen molar-refractivity contribution in [3.63, 3.8) is 0 Å². The average molecular weight is 1270 g/mol. The minimum absolute atomic E-state index is 0.0358. The molecule has 6 amide bonds. The number of carbonyl (C=O) groups is 8. The van der Waals surface area contributed by atoms with Crippen molar-refractivity contribution in [1.82, 2.24) is 31.5 Å². The first-order valence-corrected chi connectivity index (χ1v) is 32.1. The molecule has 1 unspecified atom stereocenters. The summed E-state index contributed by atoms with van der Waals surface area (Å²) in [7, 11) is 0. The Kier molecular flexibility index (Phi) is 30.6. The first kappa shape index (κ1) is 74.5. The number of amidine groups is 1. The van der Waals surface area contributed by atoms with E-state index in [0.29, 0.717) is 34.8 Å². The van der Waals surface area contributed by atoms with Crippen molar-refractivity contribution in [2.24, 2.45) is 0 Å². The lowest BCUT2D eigenvalue weighted by molar-refractivity contribution is -0.159. The third kappa shape index (κ3) is 30.4. The number of hydrogen-bond donors (Lipinski definition) is 6. The Balaban J connectivity index is 1.22. The number of benzene rings is 2. The van der Waals surface area contributed by atoms with Gasteiger partial charge in [-0.25, -0.2) is 18.4 Å². The molecular formula is C66H97F2N7O13S. The van der Waals surface area contributed by atoms with Gasteiger partial charge in [0.1, 0.15) is 52.0 Å². The van der Waals surface area contributed by atoms with E-state index in [0.717, 1.165) is 49.8 Å². The van der Waals surface area contributed by atoms with Gasteiger partial charge < -0.3 is 49.9 Å². The topological polar surface area (TPSA) is 270 Å². The predicted octanol–water partition coefficient (Wildman–Crippen LogP) is 11.8. The Bertz CT molecular complexity index is 2780. The van der Waals surface area contributed by atoms with E-state index in [1.165, 1.54) is 98.4 Å². The van der Waals surface area contributed by atoms with Crippen LogP contribution in [0.2, 0.25) is 0 Å². The zero-order chi connectivity index (χ0) is 65.8. The smallest absolute Gasteiger partial charge is 0.413 e. The zero-order valence-electron chi connectivity index (χ0n) is 53.9. The molecule has 1 aromatic heterocycles. The van der Waals surface area contributed by atoms with Crippen molar-refractivity contribution in [3.05, 3.63) is 81.8 Å². The van der Waals surface area contributed by atoms with E-state index >= 15 is 4.39 Å². The number of thiophene rings is 1. The molecule has 0 saturated carbocycles. The normalized spacial score (nSPS) is 15.7. The Hall–Kier alpha value is -7.01. The summed E-state index contributed by atoms with van der Waals surface area (Å²) in [4.78, 5) is 106. The minimum Gasteiger partial charge on any atom is -0.460 e. The fourth-order valence-electron chi connectivity index (χ4n) is 9.62. The Morgan fingerprint density at radius 3 is 1.78 bits per heavy atom. The molecule has 1 fully saturated rings. The second kappa shape index (κ2) is 36.6. The average Bonchev–Trinajstić information content (AvgIpc) is 1.79. The summed E-state index contributed by atoms with van der Waals surface area (Å²) < 4.78 is 57.8. The van der Waals surface area contributed by atoms with E-state index in [-0.39, 0.29) is 55.7 Å². The van der Waals surface area contributed by atoms with E-state index in [9.17, 15) is 42.7 Å². The number of alkyl halides is 1. The van der Waals surface area contributed by atoms with Crippen molar-refractivity contribution in [2.75, 3.05) is 32.8 Å². The van der Waals surface area contributed by atoms with Crippen LogP contribution in [0.1, 0.15) is 218 Å². The molecule has 6 N–H and O–H groups in total. The second-order valence-electron chi connectivity index (χ2n) is 25.8. The number of rotatable bonds is 36. The zero-order valence-corrected chi connectivity index (χ0v) is 54.7. The molecule has 0 bridgehead atoms. The van der Waals surface area contributed by atoms with Gasteiger partial charge in [-0.2, -0.15) is 0 Å². The summed E-state index contributed by atoms with van der Waals surface area (Å²) in [6, 6.07) is 9.83. The summed E-state index contributed by atoms with van der Waals surface area (Å²) in [5.41, 5.74) is -3.80. The van der Waals surface area contributed by atoms with Crippen molar-refractivity contribution in [1.29, 1.82) is 5.41 Å². The number of ether oxygens (including phenoxy) is 5. The second-order valence-corrected chi connectivity index (χ2v) is 26.7. The van der Waals surface area contributed by atoms with Gasteiger partial charge in [-0.3, -0.25) is 39.5 Å². The number of alkyl carbamates (subject to hydrolysis) is 1. The number of halogens is 2. The molecule has 0 radical (unpaired) electrons. The quantitative estimate of drug-likeness (QED) is 0.0104. The van der Waals surface area contributed by atoms with Crippen LogP contribution in [-0.2, 0) is 47.7 Å². The third-order valence-corrected chi connectivity index (χ3v) is 15.1. The standard InChI is InChI=1S/C66H97F2N7O13S/c1-45(53-39-47(42-89-53)58(69)74-62(83)88-65(8,9)10)72-60(81)52-40-66(68,43-75(52)56(78)41-71-59(80)46-27-31-49(32-28-46)85-50-33-29-48(67)30-34-50)44-84-38-37-70-54(76)36-35-51(61(82)87-64(5,6)7)73-55(77)25-23-21-19-17-15-13-11-12-14-16-18-20-22-24-26-57(79)86-63(2,3)4/h27-34,39,42,45,51-52H,11-26,35-38,40-41,43-44H2,1-10H3,(H,70,76)(H,71,80)(H,72,81)(H,73,77)(H2,69,74,83)/t45-,51?,52+,66-/m1/s1. The molecule has 23 heteroatoms. The lowest BCUT2D eigenvalue weighted by atomic mass is 10.0. The molecule has 1 saturated heterocycles. The molecule has 2 heterocycles. The largest absolute Gasteiger partial charge is 0.460 e. The number of esters is 2. The molecule has 494 valence electrons. The Morgan fingerprint density at radius 2 is 1.21 bits per heavy atom. The van der Waals surface area contributed by atoms with Crippen LogP contribution in [0, 0.1) is 11.2 Å². The summed E-state index contributed by atoms with van der Waals surface area (Å²) in [6.45, 7) is 15.6. The van der Waals surface area contributed by atoms with Crippen LogP contribution >= 0.6 is 11.3 Å². The van der Waals surface area contributed by atoms with E-state index in [4.69, 9.17) is 29.1 Å². The summed E-state index contributed by atoms with van der Waals surface area (Å²) in [6.07, 6.45) is 14.3. The van der Waals surface area contributed by atoms with Crippen LogP contribution < -0.4 is 31.3 Å². The number of carbonyl (C=O) groups excluding carboxylic acids is 8. The maximum Gasteiger partial charge on any atom is 0.413 e. The van der Waals surface area contributed by atoms with Gasteiger partial charge in [0.05, 0.1) is 32.3 Å². The number of unbranched alkanes of at least 4 members (excludes halogenated alkanes) is 13. The van der Waals surface area contributed by atoms with Crippen molar-refractivity contribution in [2.45, 2.75) is 232 Å². The molecule has 0 aliphatic carbocycles. The number of nitrogens with zero attached hydrogens (tertiary/aromatic N) is 1. The van der Waals surface area contributed by atoms with Gasteiger partial charge in [-0.15, -0.1) is 11.3 Å². The van der Waals surface area contributed by atoms with Crippen LogP contribution in [0.4, 0.5) is 13.6 Å². The van der Waals surface area contributed by atoms with Crippen molar-refractivity contribution >= 4 is 64.7 Å². The first-order chi connectivity index (χ1) is 41.9. The first-order valence-electron chi connectivity index (χ1n) is 31.2. The summed E-state index contributed by atoms with van der Waals surface area (Å²) >= 11 is 1.20. The Labute approximate surface area is 528 Å². The van der Waals surface area contributed by atoms with Crippen LogP contribution in [0.5, 0.6) is 11.5 Å². The maximum absolute atomic E-state index is 16.9. The number of hydrogen-bond acceptors (Lipinski definition) is 15. The van der Waals surface area contributed by atoms with Gasteiger partial charge in [-0.05, 0) is 143 Å². The van der Waals surface area contributed by atoms with Crippen LogP contribution in [0.3, 0.4) is 0 Å². The highest BCUT2D eigenvalue weighted by Gasteiger charge is 2.50. The molecule has 1 aliphatic heterocycles. The van der Waals surface area contributed by atoms with Gasteiger partial charge in [0.2, 0.25) is 23.6 Å². The fraction of sp³-hybridized carbons (Fsp3) is 0.621. The van der Waals surface area contributed by atoms with Crippen LogP contribution in [-0.4, -0.2) is 126 Å². The lowest BCUT2D eigenvalue weighted by Crippen LogP contribution is -2.49. The van der Waals surface area contributed by atoms with Gasteiger partial charge in [0, 0.05) is 53.6 Å². The van der Waals surface area contributed by atoms with Crippen LogP contribution in [0.15, 0.2) is 60.0 Å². The van der Waals surface area contributed by atoms with Gasteiger partial charge in [0.15, 0.2) is 5.67 Å². The molecular weight excluding hydrogens is 1170 g/mol. The van der Waals surface area contributed by atoms with Gasteiger partial charge in [-0.1, -0.05) is 77.0 Å². The highest BCUT2D eigenvalue weighted by atomic mass is 32.1. The SMILES string of the molecule is C[C@@H](NC(=O)[C@@H]1C[C@](F)(COCCNC(=O)CCC(NC(=O)CCCCCCCCCCCCCCCCC(=O)OC(C)(C)C)C(=O)OC(C)(C)C)CN1C(=O)CNC(=O)c1ccc(Oc2ccc(F)cc2)cc1)c1cc(C(=N)NC(=O)OC(C)(C)C)cs1. The molecule has 4 rings (SSSR count). The molecule has 1 aliphatic rings. The fourth-order valence-corrected chi connectivity index (χ4v) is 10.5. The van der Waals surface area contributed by atoms with Gasteiger partial charge in [0.25, 0.3) is 5.91 Å². The van der Waals surface area contributed by atoms with Crippen LogP contribution in [0.25, 0.3) is 0 Å². The van der Waals surface area contributed by atoms with Crippen molar-refractivity contribution < 1.29 is 70.8 Å². The van der Waals surface area contributed by atoms with E-state index < -0.39 is 108 Å². The van der Waals surface area contributed by atoms with Crippen molar-refractivity contribution in [3.8, 4) is 11.5 Å². The number of nitrogens with one attached hydrogen (secondary N) is 6. The van der Waals surface area contributed by atoms with E-state index in [2.05, 4.69) is 26.6 Å². The summed E-state index contributed by atoms with van der Waals surface area (Å²) in [5, 5.41) is 23.2. The Morgan fingerprint density at radius 1 is 0.674 bits per heavy atom. The molecule has 3 aromatic rings. The minimum atomic E-state index is -2.25. The van der Waals surface area contributed by atoms with Gasteiger partial charge >= 0.3 is 18.0 Å². The third-order valence-electron chi connectivity index (χ3n) is 14.0.